The van der Waals surface area contributed by atoms with Crippen LogP contribution in [0.1, 0.15) is 51.2 Å². The highest BCUT2D eigenvalue weighted by atomic mass is 32.2. The monoisotopic (exact) mass is 501 g/mol. The summed E-state index contributed by atoms with van der Waals surface area (Å²) in [5, 5.41) is 18.6. The SMILES string of the molecule is CC(C)(C)c1noc(C2CCN(c3cc(Nc4ccc(S(C)(=O)=O)cc4)nc([N+](=O)[O-])n3)CC2)n1. The van der Waals surface area contributed by atoms with Gasteiger partial charge in [-0.05, 0) is 52.0 Å². The molecule has 12 nitrogen and oxygen atoms in total. The molecule has 4 rings (SSSR count). The fourth-order valence-electron chi connectivity index (χ4n) is 3.72. The summed E-state index contributed by atoms with van der Waals surface area (Å²) >= 11 is 0. The second kappa shape index (κ2) is 9.21. The smallest absolute Gasteiger partial charge is 0.390 e. The van der Waals surface area contributed by atoms with Gasteiger partial charge in [-0.1, -0.05) is 25.9 Å². The minimum absolute atomic E-state index is 0.109. The lowest BCUT2D eigenvalue weighted by Gasteiger charge is -2.29. The number of nitrogens with one attached hydrogen (secondary N) is 1. The van der Waals surface area contributed by atoms with Crippen LogP contribution in [-0.4, -0.2) is 52.8 Å². The van der Waals surface area contributed by atoms with Crippen molar-refractivity contribution in [3.05, 3.63) is 52.2 Å². The van der Waals surface area contributed by atoms with E-state index in [-0.39, 0.29) is 22.0 Å². The third-order valence-corrected chi connectivity index (χ3v) is 6.83. The maximum Gasteiger partial charge on any atom is 0.472 e. The molecule has 0 amide bonds. The standard InChI is InChI=1S/C22H27N7O5S/c1-22(2,3)20-26-19(34-27-20)14-9-11-28(12-10-14)18-13-17(24-21(25-18)29(30)31)23-15-5-7-16(8-6-15)35(4,32)33/h5-8,13-14H,9-12H2,1-4H3,(H,23,24,25). The van der Waals surface area contributed by atoms with Crippen LogP contribution in [0.25, 0.3) is 0 Å². The molecule has 2 aromatic heterocycles. The molecule has 3 aromatic rings. The predicted molar refractivity (Wildman–Crippen MR) is 129 cm³/mol. The van der Waals surface area contributed by atoms with Gasteiger partial charge in [-0.15, -0.1) is 0 Å². The number of hydrogen-bond donors (Lipinski definition) is 1. The Labute approximate surface area is 202 Å². The van der Waals surface area contributed by atoms with Gasteiger partial charge < -0.3 is 24.9 Å². The summed E-state index contributed by atoms with van der Waals surface area (Å²) in [7, 11) is -3.33. The molecule has 0 spiro atoms. The summed E-state index contributed by atoms with van der Waals surface area (Å²) in [6.07, 6.45) is 2.60. The summed E-state index contributed by atoms with van der Waals surface area (Å²) in [5.74, 6) is 1.54. The van der Waals surface area contributed by atoms with Crippen molar-refractivity contribution >= 4 is 33.1 Å². The van der Waals surface area contributed by atoms with Crippen molar-refractivity contribution in [3.63, 3.8) is 0 Å². The zero-order valence-electron chi connectivity index (χ0n) is 19.9. The lowest BCUT2D eigenvalue weighted by molar-refractivity contribution is -0.394. The molecule has 35 heavy (non-hydrogen) atoms. The number of sulfone groups is 1. The van der Waals surface area contributed by atoms with E-state index in [0.29, 0.717) is 36.3 Å². The number of benzene rings is 1. The van der Waals surface area contributed by atoms with Crippen molar-refractivity contribution in [1.29, 1.82) is 0 Å². The zero-order chi connectivity index (χ0) is 25.4. The van der Waals surface area contributed by atoms with Gasteiger partial charge in [0.25, 0.3) is 0 Å². The van der Waals surface area contributed by atoms with Gasteiger partial charge >= 0.3 is 5.95 Å². The van der Waals surface area contributed by atoms with Gasteiger partial charge in [-0.3, -0.25) is 0 Å². The predicted octanol–water partition coefficient (Wildman–Crippen LogP) is 3.60. The Kier molecular flexibility index (Phi) is 6.45. The van der Waals surface area contributed by atoms with Gasteiger partial charge in [0.2, 0.25) is 17.5 Å². The molecule has 0 aliphatic carbocycles. The first-order valence-electron chi connectivity index (χ1n) is 11.1. The Morgan fingerprint density at radius 3 is 2.31 bits per heavy atom. The maximum absolute atomic E-state index is 11.7. The lowest BCUT2D eigenvalue weighted by atomic mass is 9.95. The van der Waals surface area contributed by atoms with Crippen molar-refractivity contribution in [1.82, 2.24) is 20.1 Å². The molecule has 0 radical (unpaired) electrons. The van der Waals surface area contributed by atoms with E-state index in [2.05, 4.69) is 25.4 Å². The van der Waals surface area contributed by atoms with E-state index in [1.165, 1.54) is 12.1 Å². The Morgan fingerprint density at radius 2 is 1.77 bits per heavy atom. The molecule has 0 saturated carbocycles. The third kappa shape index (κ3) is 5.73. The molecule has 0 unspecified atom stereocenters. The molecule has 1 aliphatic heterocycles. The van der Waals surface area contributed by atoms with E-state index >= 15 is 0 Å². The van der Waals surface area contributed by atoms with Crippen molar-refractivity contribution in [3.8, 4) is 0 Å². The molecule has 1 fully saturated rings. The number of aromatic nitrogens is 4. The quantitative estimate of drug-likeness (QED) is 0.388. The number of rotatable bonds is 6. The molecule has 0 atom stereocenters. The average molecular weight is 502 g/mol. The minimum atomic E-state index is -3.33. The normalized spacial score (nSPS) is 15.3. The van der Waals surface area contributed by atoms with Crippen LogP contribution in [0.2, 0.25) is 0 Å². The topological polar surface area (TPSA) is 157 Å². The van der Waals surface area contributed by atoms with Gasteiger partial charge in [0.1, 0.15) is 0 Å². The summed E-state index contributed by atoms with van der Waals surface area (Å²) in [5.41, 5.74) is 0.345. The summed E-state index contributed by atoms with van der Waals surface area (Å²) in [6.45, 7) is 7.29. The van der Waals surface area contributed by atoms with Crippen LogP contribution in [0.15, 0.2) is 39.8 Å². The van der Waals surface area contributed by atoms with E-state index in [9.17, 15) is 18.5 Å². The van der Waals surface area contributed by atoms with E-state index in [4.69, 9.17) is 4.52 Å². The Morgan fingerprint density at radius 1 is 1.11 bits per heavy atom. The van der Waals surface area contributed by atoms with E-state index < -0.39 is 20.7 Å². The first kappa shape index (κ1) is 24.5. The zero-order valence-corrected chi connectivity index (χ0v) is 20.7. The summed E-state index contributed by atoms with van der Waals surface area (Å²) in [4.78, 5) is 25.6. The first-order valence-corrected chi connectivity index (χ1v) is 13.0. The number of hydrogen-bond acceptors (Lipinski definition) is 11. The largest absolute Gasteiger partial charge is 0.472 e. The molecule has 1 saturated heterocycles. The van der Waals surface area contributed by atoms with Crippen molar-refractivity contribution < 1.29 is 17.9 Å². The van der Waals surface area contributed by atoms with Crippen LogP contribution in [0.3, 0.4) is 0 Å². The highest BCUT2D eigenvalue weighted by Gasteiger charge is 2.30. The Balaban J connectivity index is 1.50. The first-order chi connectivity index (χ1) is 16.4. The van der Waals surface area contributed by atoms with Crippen LogP contribution in [0.4, 0.5) is 23.3 Å². The van der Waals surface area contributed by atoms with E-state index in [1.807, 2.05) is 25.7 Å². The molecule has 3 heterocycles. The highest BCUT2D eigenvalue weighted by molar-refractivity contribution is 7.90. The van der Waals surface area contributed by atoms with Crippen LogP contribution in [0.5, 0.6) is 0 Å². The van der Waals surface area contributed by atoms with Crippen molar-refractivity contribution in [2.45, 2.75) is 49.8 Å². The van der Waals surface area contributed by atoms with E-state index in [0.717, 1.165) is 19.1 Å². The van der Waals surface area contributed by atoms with Gasteiger partial charge in [-0.2, -0.15) is 4.98 Å². The lowest BCUT2D eigenvalue weighted by Crippen LogP contribution is -2.33. The highest BCUT2D eigenvalue weighted by Crippen LogP contribution is 2.32. The molecule has 186 valence electrons. The van der Waals surface area contributed by atoms with Gasteiger partial charge in [0, 0.05) is 36.4 Å². The Bertz CT molecular complexity index is 1320. The molecule has 1 N–H and O–H groups in total. The average Bonchev–Trinajstić information content (AvgIpc) is 3.30. The minimum Gasteiger partial charge on any atom is -0.390 e. The molecular formula is C22H27N7O5S. The van der Waals surface area contributed by atoms with E-state index in [1.54, 1.807) is 18.2 Å². The number of nitro groups is 1. The van der Waals surface area contributed by atoms with Crippen LogP contribution < -0.4 is 10.2 Å². The van der Waals surface area contributed by atoms with Crippen LogP contribution in [-0.2, 0) is 15.3 Å². The number of piperidine rings is 1. The van der Waals surface area contributed by atoms with Gasteiger partial charge in [0.05, 0.1) is 11.0 Å². The van der Waals surface area contributed by atoms with Crippen molar-refractivity contribution in [2.24, 2.45) is 0 Å². The fraction of sp³-hybridized carbons (Fsp3) is 0.455. The molecule has 13 heteroatoms. The maximum atomic E-state index is 11.7. The summed E-state index contributed by atoms with van der Waals surface area (Å²) in [6, 6.07) is 7.71. The molecule has 0 bridgehead atoms. The third-order valence-electron chi connectivity index (χ3n) is 5.70. The number of nitrogens with zero attached hydrogens (tertiary/aromatic N) is 6. The summed E-state index contributed by atoms with van der Waals surface area (Å²) < 4.78 is 28.8. The molecular weight excluding hydrogens is 474 g/mol. The second-order valence-corrected chi connectivity index (χ2v) is 11.6. The molecule has 1 aromatic carbocycles. The van der Waals surface area contributed by atoms with Crippen LogP contribution >= 0.6 is 0 Å². The second-order valence-electron chi connectivity index (χ2n) is 9.56. The van der Waals surface area contributed by atoms with Gasteiger partial charge in [0.15, 0.2) is 15.7 Å². The van der Waals surface area contributed by atoms with Crippen molar-refractivity contribution in [2.75, 3.05) is 29.6 Å². The fourth-order valence-corrected chi connectivity index (χ4v) is 4.35. The Hall–Kier alpha value is -3.61. The van der Waals surface area contributed by atoms with Crippen LogP contribution in [0, 0.1) is 10.1 Å². The number of anilines is 3. The molecule has 1 aliphatic rings. The van der Waals surface area contributed by atoms with Gasteiger partial charge in [-0.25, -0.2) is 8.42 Å².